The van der Waals surface area contributed by atoms with Gasteiger partial charge in [-0.1, -0.05) is 19.3 Å². The number of piperazine rings is 1. The summed E-state index contributed by atoms with van der Waals surface area (Å²) < 4.78 is 0. The molecule has 2 aliphatic heterocycles. The fourth-order valence-electron chi connectivity index (χ4n) is 5.32. The number of anilines is 1. The van der Waals surface area contributed by atoms with Crippen LogP contribution >= 0.6 is 0 Å². The van der Waals surface area contributed by atoms with Gasteiger partial charge in [0, 0.05) is 56.3 Å². The van der Waals surface area contributed by atoms with Crippen molar-refractivity contribution in [2.24, 2.45) is 0 Å². The molecule has 1 saturated heterocycles. The topological polar surface area (TPSA) is 73.4 Å². The summed E-state index contributed by atoms with van der Waals surface area (Å²) in [6, 6.07) is 0. The molecule has 0 aromatic carbocycles. The monoisotopic (exact) mass is 398 g/mol. The molecule has 5 rings (SSSR count). The van der Waals surface area contributed by atoms with E-state index >= 15 is 0 Å². The summed E-state index contributed by atoms with van der Waals surface area (Å²) >= 11 is 0. The van der Waals surface area contributed by atoms with Crippen LogP contribution in [0.1, 0.15) is 72.7 Å². The summed E-state index contributed by atoms with van der Waals surface area (Å²) in [6.45, 7) is 6.20. The van der Waals surface area contributed by atoms with Crippen LogP contribution in [0.25, 0.3) is 0 Å². The molecule has 7 heteroatoms. The average molecular weight is 399 g/mol. The number of nitrogens with one attached hydrogen (secondary N) is 2. The van der Waals surface area contributed by atoms with Crippen molar-refractivity contribution >= 4 is 11.7 Å². The van der Waals surface area contributed by atoms with Crippen molar-refractivity contribution in [2.75, 3.05) is 51.6 Å². The predicted molar refractivity (Wildman–Crippen MR) is 113 cm³/mol. The second-order valence-corrected chi connectivity index (χ2v) is 9.47. The summed E-state index contributed by atoms with van der Waals surface area (Å²) in [7, 11) is 2.22. The minimum Gasteiger partial charge on any atom is -0.368 e. The standard InChI is InChI=1S/C22H34N6O/c1-27-11-13-28(14-12-27)22(8-3-2-4-9-22)15-24-20-17-7-10-23-21(29)18(17)25-19(26-20)16-5-6-16/h16H,2-15H2,1H3,(H,23,29)(H,24,25,26). The lowest BCUT2D eigenvalue weighted by atomic mass is 9.79. The van der Waals surface area contributed by atoms with Crippen LogP contribution in [-0.4, -0.2) is 77.5 Å². The molecule has 1 amide bonds. The van der Waals surface area contributed by atoms with Gasteiger partial charge in [0.1, 0.15) is 17.3 Å². The van der Waals surface area contributed by atoms with Crippen LogP contribution in [-0.2, 0) is 6.42 Å². The molecule has 3 heterocycles. The van der Waals surface area contributed by atoms with Gasteiger partial charge in [-0.05, 0) is 39.2 Å². The van der Waals surface area contributed by atoms with Gasteiger partial charge in [0.2, 0.25) is 0 Å². The summed E-state index contributed by atoms with van der Waals surface area (Å²) in [4.78, 5) is 27.2. The Morgan fingerprint density at radius 1 is 1.10 bits per heavy atom. The summed E-state index contributed by atoms with van der Waals surface area (Å²) in [6.07, 6.45) is 9.59. The van der Waals surface area contributed by atoms with Gasteiger partial charge in [-0.3, -0.25) is 9.69 Å². The first kappa shape index (κ1) is 19.2. The van der Waals surface area contributed by atoms with E-state index in [0.29, 0.717) is 18.2 Å². The van der Waals surface area contributed by atoms with Crippen LogP contribution < -0.4 is 10.6 Å². The van der Waals surface area contributed by atoms with Gasteiger partial charge in [-0.2, -0.15) is 0 Å². The van der Waals surface area contributed by atoms with Gasteiger partial charge in [-0.15, -0.1) is 0 Å². The van der Waals surface area contributed by atoms with Gasteiger partial charge in [0.25, 0.3) is 5.91 Å². The maximum atomic E-state index is 12.4. The third kappa shape index (κ3) is 3.87. The molecule has 2 aliphatic carbocycles. The predicted octanol–water partition coefficient (Wildman–Crippen LogP) is 2.00. The van der Waals surface area contributed by atoms with E-state index in [1.54, 1.807) is 0 Å². The number of hydrogen-bond acceptors (Lipinski definition) is 6. The largest absolute Gasteiger partial charge is 0.368 e. The van der Waals surface area contributed by atoms with Crippen LogP contribution in [0.5, 0.6) is 0 Å². The van der Waals surface area contributed by atoms with Gasteiger partial charge in [0.05, 0.1) is 0 Å². The molecule has 0 spiro atoms. The Kier molecular flexibility index (Phi) is 5.20. The van der Waals surface area contributed by atoms with E-state index in [-0.39, 0.29) is 11.4 Å². The Bertz CT molecular complexity index is 763. The number of rotatable bonds is 5. The van der Waals surface area contributed by atoms with Crippen LogP contribution in [0, 0.1) is 0 Å². The molecule has 158 valence electrons. The molecule has 0 unspecified atom stereocenters. The zero-order chi connectivity index (χ0) is 19.8. The van der Waals surface area contributed by atoms with Crippen LogP contribution in [0.15, 0.2) is 0 Å². The fraction of sp³-hybridized carbons (Fsp3) is 0.773. The Morgan fingerprint density at radius 2 is 1.86 bits per heavy atom. The molecule has 1 aromatic heterocycles. The summed E-state index contributed by atoms with van der Waals surface area (Å²) in [5, 5.41) is 6.70. The smallest absolute Gasteiger partial charge is 0.270 e. The minimum absolute atomic E-state index is 0.0370. The van der Waals surface area contributed by atoms with Crippen molar-refractivity contribution in [1.29, 1.82) is 0 Å². The molecule has 0 radical (unpaired) electrons. The molecule has 1 aromatic rings. The molecule has 0 atom stereocenters. The van der Waals surface area contributed by atoms with E-state index in [4.69, 9.17) is 4.98 Å². The second-order valence-electron chi connectivity index (χ2n) is 9.47. The quantitative estimate of drug-likeness (QED) is 0.790. The van der Waals surface area contributed by atoms with Gasteiger partial charge in [0.15, 0.2) is 0 Å². The maximum absolute atomic E-state index is 12.4. The molecular weight excluding hydrogens is 364 g/mol. The normalized spacial score (nSPS) is 25.3. The highest BCUT2D eigenvalue weighted by molar-refractivity contribution is 5.96. The Morgan fingerprint density at radius 3 is 2.59 bits per heavy atom. The first-order chi connectivity index (χ1) is 14.1. The van der Waals surface area contributed by atoms with E-state index in [9.17, 15) is 4.79 Å². The number of fused-ring (bicyclic) bond motifs is 1. The highest BCUT2D eigenvalue weighted by Gasteiger charge is 2.39. The second kappa shape index (κ2) is 7.84. The molecular formula is C22H34N6O. The molecule has 29 heavy (non-hydrogen) atoms. The number of carbonyl (C=O) groups is 1. The Balaban J connectivity index is 1.40. The van der Waals surface area contributed by atoms with Crippen molar-refractivity contribution in [1.82, 2.24) is 25.1 Å². The number of carbonyl (C=O) groups excluding carboxylic acids is 1. The Labute approximate surface area is 173 Å². The van der Waals surface area contributed by atoms with Crippen molar-refractivity contribution in [3.05, 3.63) is 17.1 Å². The highest BCUT2D eigenvalue weighted by atomic mass is 16.1. The van der Waals surface area contributed by atoms with Crippen LogP contribution in [0.2, 0.25) is 0 Å². The number of hydrogen-bond donors (Lipinski definition) is 2. The number of amides is 1. The Hall–Kier alpha value is -1.73. The highest BCUT2D eigenvalue weighted by Crippen LogP contribution is 2.40. The fourth-order valence-corrected chi connectivity index (χ4v) is 5.32. The summed E-state index contributed by atoms with van der Waals surface area (Å²) in [5.74, 6) is 2.19. The lowest BCUT2D eigenvalue weighted by molar-refractivity contribution is 0.0221. The SMILES string of the molecule is CN1CCN(C2(CNc3nc(C4CC4)nc4c3CCNC4=O)CCCCC2)CC1. The maximum Gasteiger partial charge on any atom is 0.270 e. The van der Waals surface area contributed by atoms with Crippen molar-refractivity contribution in [3.8, 4) is 0 Å². The summed E-state index contributed by atoms with van der Waals surface area (Å²) in [5.41, 5.74) is 1.84. The lowest BCUT2D eigenvalue weighted by Gasteiger charge is -2.49. The van der Waals surface area contributed by atoms with Crippen LogP contribution in [0.3, 0.4) is 0 Å². The van der Waals surface area contributed by atoms with E-state index in [1.165, 1.54) is 32.1 Å². The lowest BCUT2D eigenvalue weighted by Crippen LogP contribution is -2.60. The first-order valence-electron chi connectivity index (χ1n) is 11.5. The van der Waals surface area contributed by atoms with Crippen molar-refractivity contribution in [2.45, 2.75) is 62.8 Å². The number of nitrogens with zero attached hydrogens (tertiary/aromatic N) is 4. The molecule has 2 saturated carbocycles. The van der Waals surface area contributed by atoms with Crippen LogP contribution in [0.4, 0.5) is 5.82 Å². The van der Waals surface area contributed by atoms with Gasteiger partial charge < -0.3 is 15.5 Å². The van der Waals surface area contributed by atoms with E-state index in [2.05, 4.69) is 32.5 Å². The number of likely N-dealkylation sites (N-methyl/N-ethyl adjacent to an activating group) is 1. The zero-order valence-corrected chi connectivity index (χ0v) is 17.7. The third-order valence-corrected chi connectivity index (χ3v) is 7.39. The van der Waals surface area contributed by atoms with E-state index in [1.807, 2.05) is 0 Å². The van der Waals surface area contributed by atoms with Gasteiger partial charge >= 0.3 is 0 Å². The van der Waals surface area contributed by atoms with E-state index < -0.39 is 0 Å². The average Bonchev–Trinajstić information content (AvgIpc) is 3.59. The molecule has 0 bridgehead atoms. The molecule has 2 N–H and O–H groups in total. The van der Waals surface area contributed by atoms with Gasteiger partial charge in [-0.25, -0.2) is 9.97 Å². The zero-order valence-electron chi connectivity index (χ0n) is 17.7. The molecule has 4 aliphatic rings. The number of aromatic nitrogens is 2. The molecule has 7 nitrogen and oxygen atoms in total. The first-order valence-corrected chi connectivity index (χ1v) is 11.5. The molecule has 3 fully saturated rings. The van der Waals surface area contributed by atoms with E-state index in [0.717, 1.165) is 69.2 Å². The third-order valence-electron chi connectivity index (χ3n) is 7.39. The van der Waals surface area contributed by atoms with Crippen molar-refractivity contribution in [3.63, 3.8) is 0 Å². The minimum atomic E-state index is -0.0370. The van der Waals surface area contributed by atoms with Crippen molar-refractivity contribution < 1.29 is 4.79 Å².